The molecule has 2 heterocycles. The van der Waals surface area contributed by atoms with Crippen LogP contribution in [0.1, 0.15) is 23.1 Å². The molecule has 0 fully saturated rings. The summed E-state index contributed by atoms with van der Waals surface area (Å²) in [5, 5.41) is 14.8. The molecule has 100 valence electrons. The molecule has 0 aliphatic heterocycles. The smallest absolute Gasteiger partial charge is 0.123 e. The highest BCUT2D eigenvalue weighted by Gasteiger charge is 2.16. The normalized spacial score (nSPS) is 12.3. The van der Waals surface area contributed by atoms with Crippen LogP contribution in [0.4, 0.5) is 0 Å². The lowest BCUT2D eigenvalue weighted by Gasteiger charge is -2.13. The Morgan fingerprint density at radius 1 is 1.05 bits per heavy atom. The van der Waals surface area contributed by atoms with E-state index >= 15 is 0 Å². The summed E-state index contributed by atoms with van der Waals surface area (Å²) < 4.78 is 1.74. The van der Waals surface area contributed by atoms with Gasteiger partial charge in [0, 0.05) is 23.7 Å². The number of hydrogen-bond acceptors (Lipinski definition) is 3. The maximum absolute atomic E-state index is 10.5. The molecule has 0 aliphatic rings. The third kappa shape index (κ3) is 2.33. The topological polar surface area (TPSA) is 50.9 Å². The maximum atomic E-state index is 10.5. The first-order valence-corrected chi connectivity index (χ1v) is 6.45. The lowest BCUT2D eigenvalue weighted by atomic mass is 10.1. The molecule has 0 amide bonds. The number of benzene rings is 1. The minimum absolute atomic E-state index is 0.724. The third-order valence-corrected chi connectivity index (χ3v) is 3.20. The monoisotopic (exact) mass is 265 g/mol. The largest absolute Gasteiger partial charge is 0.382 e. The van der Waals surface area contributed by atoms with Gasteiger partial charge in [-0.15, -0.1) is 0 Å². The van der Waals surface area contributed by atoms with E-state index in [1.165, 1.54) is 0 Å². The predicted molar refractivity (Wildman–Crippen MR) is 76.6 cm³/mol. The van der Waals surface area contributed by atoms with Gasteiger partial charge in [-0.2, -0.15) is 5.10 Å². The van der Waals surface area contributed by atoms with E-state index in [1.807, 2.05) is 55.5 Å². The van der Waals surface area contributed by atoms with Crippen LogP contribution in [-0.2, 0) is 0 Å². The zero-order chi connectivity index (χ0) is 13.9. The Morgan fingerprint density at radius 2 is 1.85 bits per heavy atom. The Bertz CT molecular complexity index is 689. The van der Waals surface area contributed by atoms with Crippen LogP contribution in [0.2, 0.25) is 0 Å². The number of pyridine rings is 1. The van der Waals surface area contributed by atoms with E-state index in [4.69, 9.17) is 0 Å². The highest BCUT2D eigenvalue weighted by Crippen LogP contribution is 2.23. The van der Waals surface area contributed by atoms with Gasteiger partial charge in [0.1, 0.15) is 6.10 Å². The van der Waals surface area contributed by atoms with Crippen molar-refractivity contribution in [3.8, 4) is 5.69 Å². The van der Waals surface area contributed by atoms with Crippen LogP contribution in [0.25, 0.3) is 5.69 Å². The van der Waals surface area contributed by atoms with Crippen LogP contribution in [0.5, 0.6) is 0 Å². The molecule has 20 heavy (non-hydrogen) atoms. The summed E-state index contributed by atoms with van der Waals surface area (Å²) in [6, 6.07) is 15.3. The Kier molecular flexibility index (Phi) is 3.31. The first-order chi connectivity index (χ1) is 9.75. The lowest BCUT2D eigenvalue weighted by Crippen LogP contribution is -2.08. The van der Waals surface area contributed by atoms with Gasteiger partial charge in [-0.3, -0.25) is 4.98 Å². The number of nitrogens with zero attached hydrogens (tertiary/aromatic N) is 3. The number of aromatic nitrogens is 3. The molecule has 3 rings (SSSR count). The fraction of sp³-hybridized carbons (Fsp3) is 0.125. The number of aliphatic hydroxyl groups excluding tert-OH is 1. The first kappa shape index (κ1) is 12.6. The molecule has 1 atom stereocenters. The molecule has 0 saturated carbocycles. The molecule has 1 unspecified atom stereocenters. The van der Waals surface area contributed by atoms with Crippen molar-refractivity contribution in [2.75, 3.05) is 0 Å². The highest BCUT2D eigenvalue weighted by molar-refractivity contribution is 5.35. The highest BCUT2D eigenvalue weighted by atomic mass is 16.3. The summed E-state index contributed by atoms with van der Waals surface area (Å²) in [5.74, 6) is 0. The van der Waals surface area contributed by atoms with Gasteiger partial charge in [0.25, 0.3) is 0 Å². The van der Waals surface area contributed by atoms with Gasteiger partial charge >= 0.3 is 0 Å². The summed E-state index contributed by atoms with van der Waals surface area (Å²) in [5.41, 5.74) is 3.33. The van der Waals surface area contributed by atoms with E-state index in [2.05, 4.69) is 10.1 Å². The molecular weight excluding hydrogens is 250 g/mol. The van der Waals surface area contributed by atoms with Crippen molar-refractivity contribution >= 4 is 0 Å². The van der Waals surface area contributed by atoms with Crippen molar-refractivity contribution in [3.63, 3.8) is 0 Å². The van der Waals surface area contributed by atoms with E-state index < -0.39 is 6.10 Å². The minimum atomic E-state index is -0.745. The average Bonchev–Trinajstić information content (AvgIpc) is 2.97. The molecule has 0 radical (unpaired) electrons. The van der Waals surface area contributed by atoms with Crippen molar-refractivity contribution in [3.05, 3.63) is 77.9 Å². The molecule has 1 N–H and O–H groups in total. The van der Waals surface area contributed by atoms with Gasteiger partial charge in [0.05, 0.1) is 11.4 Å². The molecule has 0 saturated heterocycles. The van der Waals surface area contributed by atoms with E-state index in [-0.39, 0.29) is 0 Å². The van der Waals surface area contributed by atoms with Crippen molar-refractivity contribution in [2.24, 2.45) is 0 Å². The molecule has 0 bridgehead atoms. The quantitative estimate of drug-likeness (QED) is 0.792. The molecule has 0 aliphatic carbocycles. The maximum Gasteiger partial charge on any atom is 0.123 e. The Balaban J connectivity index is 1.99. The molecular formula is C16H15N3O. The number of hydrogen-bond donors (Lipinski definition) is 1. The molecule has 3 aromatic rings. The summed E-state index contributed by atoms with van der Waals surface area (Å²) in [7, 11) is 0. The van der Waals surface area contributed by atoms with Crippen LogP contribution < -0.4 is 0 Å². The van der Waals surface area contributed by atoms with Gasteiger partial charge in [-0.25, -0.2) is 4.68 Å². The second-order valence-electron chi connectivity index (χ2n) is 4.64. The SMILES string of the molecule is Cc1ccc(C(O)c2ccnn2-c2ccccc2)cn1. The molecule has 0 spiro atoms. The van der Waals surface area contributed by atoms with E-state index in [0.29, 0.717) is 0 Å². The Labute approximate surface area is 117 Å². The van der Waals surface area contributed by atoms with E-state index in [1.54, 1.807) is 17.1 Å². The molecule has 4 heteroatoms. The van der Waals surface area contributed by atoms with Gasteiger partial charge in [0.15, 0.2) is 0 Å². The van der Waals surface area contributed by atoms with Crippen LogP contribution in [0, 0.1) is 6.92 Å². The van der Waals surface area contributed by atoms with Gasteiger partial charge < -0.3 is 5.11 Å². The molecule has 4 nitrogen and oxygen atoms in total. The number of rotatable bonds is 3. The second kappa shape index (κ2) is 5.27. The summed E-state index contributed by atoms with van der Waals surface area (Å²) in [4.78, 5) is 4.22. The zero-order valence-corrected chi connectivity index (χ0v) is 11.1. The van der Waals surface area contributed by atoms with Gasteiger partial charge in [-0.05, 0) is 31.2 Å². The first-order valence-electron chi connectivity index (χ1n) is 6.45. The molecule has 1 aromatic carbocycles. The second-order valence-corrected chi connectivity index (χ2v) is 4.64. The Hall–Kier alpha value is -2.46. The van der Waals surface area contributed by atoms with Crippen molar-refractivity contribution in [1.82, 2.24) is 14.8 Å². The average molecular weight is 265 g/mol. The van der Waals surface area contributed by atoms with Crippen molar-refractivity contribution in [1.29, 1.82) is 0 Å². The number of aliphatic hydroxyl groups is 1. The summed E-state index contributed by atoms with van der Waals surface area (Å²) in [6.45, 7) is 1.92. The predicted octanol–water partition coefficient (Wildman–Crippen LogP) is 2.66. The standard InChI is InChI=1S/C16H15N3O/c1-12-7-8-13(11-17-12)16(20)15-9-10-18-19(15)14-5-3-2-4-6-14/h2-11,16,20H,1H3. The summed E-state index contributed by atoms with van der Waals surface area (Å²) in [6.07, 6.45) is 2.64. The van der Waals surface area contributed by atoms with Crippen LogP contribution in [0.3, 0.4) is 0 Å². The Morgan fingerprint density at radius 3 is 2.55 bits per heavy atom. The number of para-hydroxylation sites is 1. The van der Waals surface area contributed by atoms with Crippen LogP contribution in [0.15, 0.2) is 60.9 Å². The zero-order valence-electron chi connectivity index (χ0n) is 11.1. The fourth-order valence-electron chi connectivity index (χ4n) is 2.12. The van der Waals surface area contributed by atoms with Gasteiger partial charge in [0.2, 0.25) is 0 Å². The van der Waals surface area contributed by atoms with Crippen LogP contribution >= 0.6 is 0 Å². The van der Waals surface area contributed by atoms with Crippen molar-refractivity contribution < 1.29 is 5.11 Å². The molecule has 2 aromatic heterocycles. The van der Waals surface area contributed by atoms with E-state index in [9.17, 15) is 5.11 Å². The summed E-state index contributed by atoms with van der Waals surface area (Å²) >= 11 is 0. The lowest BCUT2D eigenvalue weighted by molar-refractivity contribution is 0.211. The minimum Gasteiger partial charge on any atom is -0.382 e. The van der Waals surface area contributed by atoms with Crippen LogP contribution in [-0.4, -0.2) is 19.9 Å². The van der Waals surface area contributed by atoms with E-state index in [0.717, 1.165) is 22.6 Å². The third-order valence-electron chi connectivity index (χ3n) is 3.20. The van der Waals surface area contributed by atoms with Crippen molar-refractivity contribution in [2.45, 2.75) is 13.0 Å². The fourth-order valence-corrected chi connectivity index (χ4v) is 2.12. The van der Waals surface area contributed by atoms with Gasteiger partial charge in [-0.1, -0.05) is 24.3 Å². The number of aryl methyl sites for hydroxylation is 1.